The molecule has 0 spiro atoms. The Kier molecular flexibility index (Phi) is 6.17. The molecule has 27 heavy (non-hydrogen) atoms. The third-order valence-electron chi connectivity index (χ3n) is 3.80. The normalized spacial score (nSPS) is 10.8. The van der Waals surface area contributed by atoms with Gasteiger partial charge in [0.25, 0.3) is 0 Å². The Balaban J connectivity index is 1.88. The Bertz CT molecular complexity index is 977. The van der Waals surface area contributed by atoms with Gasteiger partial charge in [-0.3, -0.25) is 0 Å². The van der Waals surface area contributed by atoms with Crippen LogP contribution in [0, 0.1) is 0 Å². The molecule has 8 heteroatoms. The molecule has 0 aliphatic carbocycles. The van der Waals surface area contributed by atoms with Gasteiger partial charge in [0.1, 0.15) is 11.5 Å². The Morgan fingerprint density at radius 3 is 2.37 bits per heavy atom. The number of aromatic hydroxyl groups is 1. The lowest BCUT2D eigenvalue weighted by atomic mass is 9.99. The van der Waals surface area contributed by atoms with Crippen LogP contribution in [0.4, 0.5) is 0 Å². The van der Waals surface area contributed by atoms with Crippen molar-refractivity contribution in [3.8, 4) is 22.6 Å². The highest BCUT2D eigenvalue weighted by Crippen LogP contribution is 2.37. The predicted octanol–water partition coefficient (Wildman–Crippen LogP) is 6.14. The van der Waals surface area contributed by atoms with E-state index in [-0.39, 0.29) is 11.5 Å². The van der Waals surface area contributed by atoms with Crippen molar-refractivity contribution < 1.29 is 19.7 Å². The summed E-state index contributed by atoms with van der Waals surface area (Å²) in [6, 6.07) is 10.1. The topological polar surface area (TPSA) is 66.8 Å². The Labute approximate surface area is 174 Å². The van der Waals surface area contributed by atoms with Crippen molar-refractivity contribution in [1.29, 1.82) is 0 Å². The van der Waals surface area contributed by atoms with Gasteiger partial charge in [-0.2, -0.15) is 0 Å². The molecule has 3 aromatic rings. The Hall–Kier alpha value is -1.92. The molecule has 0 aliphatic heterocycles. The van der Waals surface area contributed by atoms with E-state index in [1.165, 1.54) is 23.5 Å². The molecule has 2 N–H and O–H groups in total. The first kappa shape index (κ1) is 19.8. The zero-order valence-corrected chi connectivity index (χ0v) is 16.8. The summed E-state index contributed by atoms with van der Waals surface area (Å²) >= 11 is 20.0. The van der Waals surface area contributed by atoms with Crippen molar-refractivity contribution in [2.45, 2.75) is 6.42 Å². The summed E-state index contributed by atoms with van der Waals surface area (Å²) in [6.07, 6.45) is 0.433. The number of thiophene rings is 1. The van der Waals surface area contributed by atoms with E-state index in [9.17, 15) is 9.90 Å². The zero-order chi connectivity index (χ0) is 19.6. The van der Waals surface area contributed by atoms with Crippen molar-refractivity contribution in [3.63, 3.8) is 0 Å². The molecule has 1 aromatic heterocycles. The van der Waals surface area contributed by atoms with Crippen LogP contribution in [-0.2, 0) is 11.2 Å². The molecule has 2 aromatic carbocycles. The fraction of sp³-hybridized carbons (Fsp3) is 0.105. The zero-order valence-electron chi connectivity index (χ0n) is 13.7. The highest BCUT2D eigenvalue weighted by Gasteiger charge is 2.13. The second-order valence-electron chi connectivity index (χ2n) is 5.72. The first-order chi connectivity index (χ1) is 12.8. The molecule has 0 saturated heterocycles. The summed E-state index contributed by atoms with van der Waals surface area (Å²) in [4.78, 5) is 10.6. The van der Waals surface area contributed by atoms with Crippen LogP contribution in [0.15, 0.2) is 41.8 Å². The van der Waals surface area contributed by atoms with Crippen LogP contribution in [0.2, 0.25) is 14.4 Å². The van der Waals surface area contributed by atoms with E-state index in [4.69, 9.17) is 44.6 Å². The minimum atomic E-state index is -1.09. The standard InChI is InChI=1S/C19H13Cl3O4S/c20-15-6-12(26-8-19(24)25)7-16(21)14(15)4-10-1-2-17(23)13(3-10)11-5-18(22)27-9-11/h1-3,5-7,9,23H,4,8H2,(H,24,25). The van der Waals surface area contributed by atoms with Gasteiger partial charge < -0.3 is 14.9 Å². The van der Waals surface area contributed by atoms with Crippen molar-refractivity contribution in [2.24, 2.45) is 0 Å². The molecule has 3 rings (SSSR count). The van der Waals surface area contributed by atoms with Crippen molar-refractivity contribution in [2.75, 3.05) is 6.61 Å². The van der Waals surface area contributed by atoms with Crippen LogP contribution in [-0.4, -0.2) is 22.8 Å². The van der Waals surface area contributed by atoms with Gasteiger partial charge in [0.15, 0.2) is 6.61 Å². The number of benzene rings is 2. The predicted molar refractivity (Wildman–Crippen MR) is 109 cm³/mol. The van der Waals surface area contributed by atoms with Crippen LogP contribution < -0.4 is 4.74 Å². The first-order valence-corrected chi connectivity index (χ1v) is 9.73. The molecule has 0 unspecified atom stereocenters. The van der Waals surface area contributed by atoms with Crippen LogP contribution in [0.1, 0.15) is 11.1 Å². The molecular formula is C19H13Cl3O4S. The number of rotatable bonds is 6. The van der Waals surface area contributed by atoms with E-state index < -0.39 is 12.6 Å². The number of aliphatic carboxylic acids is 1. The van der Waals surface area contributed by atoms with E-state index in [2.05, 4.69) is 0 Å². The summed E-state index contributed by atoms with van der Waals surface area (Å²) in [5.74, 6) is -0.644. The van der Waals surface area contributed by atoms with Gasteiger partial charge in [-0.1, -0.05) is 40.9 Å². The van der Waals surface area contributed by atoms with Crippen LogP contribution in [0.5, 0.6) is 11.5 Å². The molecular weight excluding hydrogens is 431 g/mol. The van der Waals surface area contributed by atoms with E-state index >= 15 is 0 Å². The van der Waals surface area contributed by atoms with Gasteiger partial charge in [0.2, 0.25) is 0 Å². The highest BCUT2D eigenvalue weighted by molar-refractivity contribution is 7.14. The number of halogens is 3. The van der Waals surface area contributed by atoms with Gasteiger partial charge in [-0.15, -0.1) is 11.3 Å². The van der Waals surface area contributed by atoms with E-state index in [1.54, 1.807) is 18.2 Å². The fourth-order valence-electron chi connectivity index (χ4n) is 2.56. The highest BCUT2D eigenvalue weighted by atomic mass is 35.5. The van der Waals surface area contributed by atoms with E-state index in [1.807, 2.05) is 11.4 Å². The molecule has 0 aliphatic rings. The third-order valence-corrected chi connectivity index (χ3v) is 5.56. The molecule has 0 amide bonds. The van der Waals surface area contributed by atoms with Crippen LogP contribution in [0.25, 0.3) is 11.1 Å². The van der Waals surface area contributed by atoms with Crippen LogP contribution >= 0.6 is 46.1 Å². The minimum Gasteiger partial charge on any atom is -0.507 e. The number of phenolic OH excluding ortho intramolecular Hbond substituents is 1. The molecule has 1 heterocycles. The second-order valence-corrected chi connectivity index (χ2v) is 8.07. The maximum absolute atomic E-state index is 10.6. The lowest BCUT2D eigenvalue weighted by molar-refractivity contribution is -0.139. The molecule has 140 valence electrons. The molecule has 4 nitrogen and oxygen atoms in total. The average molecular weight is 444 g/mol. The second kappa shape index (κ2) is 8.40. The Morgan fingerprint density at radius 2 is 1.78 bits per heavy atom. The average Bonchev–Trinajstić information content (AvgIpc) is 3.04. The lowest BCUT2D eigenvalue weighted by Crippen LogP contribution is -2.09. The third kappa shape index (κ3) is 4.87. The smallest absolute Gasteiger partial charge is 0.341 e. The van der Waals surface area contributed by atoms with Crippen molar-refractivity contribution >= 4 is 52.1 Å². The van der Waals surface area contributed by atoms with E-state index in [0.29, 0.717) is 31.9 Å². The molecule has 0 radical (unpaired) electrons. The van der Waals surface area contributed by atoms with Gasteiger partial charge in [-0.25, -0.2) is 4.79 Å². The van der Waals surface area contributed by atoms with Gasteiger partial charge in [0.05, 0.1) is 4.34 Å². The lowest BCUT2D eigenvalue weighted by Gasteiger charge is -2.12. The number of phenols is 1. The quantitative estimate of drug-likeness (QED) is 0.480. The summed E-state index contributed by atoms with van der Waals surface area (Å²) in [5.41, 5.74) is 3.08. The number of hydrogen-bond acceptors (Lipinski definition) is 4. The molecule has 0 fully saturated rings. The number of ether oxygens (including phenoxy) is 1. The number of carbonyl (C=O) groups is 1. The first-order valence-electron chi connectivity index (χ1n) is 7.72. The summed E-state index contributed by atoms with van der Waals surface area (Å²) in [6.45, 7) is -0.476. The number of carboxylic acid groups (broad SMARTS) is 1. The molecule has 0 atom stereocenters. The van der Waals surface area contributed by atoms with Crippen molar-refractivity contribution in [1.82, 2.24) is 0 Å². The van der Waals surface area contributed by atoms with Crippen molar-refractivity contribution in [3.05, 3.63) is 67.3 Å². The van der Waals surface area contributed by atoms with Gasteiger partial charge in [-0.05, 0) is 47.0 Å². The van der Waals surface area contributed by atoms with E-state index in [0.717, 1.165) is 11.1 Å². The summed E-state index contributed by atoms with van der Waals surface area (Å²) in [5, 5.41) is 21.5. The number of hydrogen-bond donors (Lipinski definition) is 2. The summed E-state index contributed by atoms with van der Waals surface area (Å²) in [7, 11) is 0. The Morgan fingerprint density at radius 1 is 1.07 bits per heavy atom. The van der Waals surface area contributed by atoms with Gasteiger partial charge in [0, 0.05) is 27.4 Å². The van der Waals surface area contributed by atoms with Crippen LogP contribution in [0.3, 0.4) is 0 Å². The SMILES string of the molecule is O=C(O)COc1cc(Cl)c(Cc2ccc(O)c(-c3csc(Cl)c3)c2)c(Cl)c1. The minimum absolute atomic E-state index is 0.155. The monoisotopic (exact) mass is 442 g/mol. The maximum Gasteiger partial charge on any atom is 0.341 e. The maximum atomic E-state index is 10.6. The fourth-order valence-corrected chi connectivity index (χ4v) is 4.04. The largest absolute Gasteiger partial charge is 0.507 e. The molecule has 0 bridgehead atoms. The summed E-state index contributed by atoms with van der Waals surface area (Å²) < 4.78 is 5.75. The number of carboxylic acids is 1. The van der Waals surface area contributed by atoms with Gasteiger partial charge >= 0.3 is 5.97 Å². The molecule has 0 saturated carbocycles.